The summed E-state index contributed by atoms with van der Waals surface area (Å²) < 4.78 is 0. The van der Waals surface area contributed by atoms with Gasteiger partial charge in [-0.3, -0.25) is 9.69 Å². The number of amides is 1. The molecule has 2 N–H and O–H groups in total. The number of carbonyl (C=O) groups excluding carboxylic acids is 1. The lowest BCUT2D eigenvalue weighted by Crippen LogP contribution is -2.29. The van der Waals surface area contributed by atoms with E-state index < -0.39 is 0 Å². The molecular formula is C19H14ClN3OS. The van der Waals surface area contributed by atoms with E-state index in [4.69, 9.17) is 23.8 Å². The molecule has 6 heteroatoms. The Kier molecular flexibility index (Phi) is 4.03. The summed E-state index contributed by atoms with van der Waals surface area (Å²) in [5.41, 5.74) is 3.42. The number of rotatable bonds is 3. The lowest BCUT2D eigenvalue weighted by Gasteiger charge is -2.13. The van der Waals surface area contributed by atoms with E-state index in [1.807, 2.05) is 48.7 Å². The van der Waals surface area contributed by atoms with Crippen LogP contribution in [0.5, 0.6) is 0 Å². The fraction of sp³-hybridized carbons (Fsp3) is 0.0526. The molecule has 0 bridgehead atoms. The SMILES string of the molecule is O=C1C(=Cc2c[nH]c3ccccc23)NC(=S)N1Cc1ccc(Cl)cc1. The van der Waals surface area contributed by atoms with E-state index in [0.717, 1.165) is 22.0 Å². The summed E-state index contributed by atoms with van der Waals surface area (Å²) in [6.07, 6.45) is 3.72. The molecule has 0 aliphatic carbocycles. The summed E-state index contributed by atoms with van der Waals surface area (Å²) in [5, 5.41) is 5.15. The Morgan fingerprint density at radius 3 is 2.68 bits per heavy atom. The molecule has 1 amide bonds. The number of aromatic nitrogens is 1. The van der Waals surface area contributed by atoms with E-state index >= 15 is 0 Å². The number of hydrogen-bond donors (Lipinski definition) is 2. The number of aromatic amines is 1. The molecule has 0 saturated carbocycles. The first-order valence-corrected chi connectivity index (χ1v) is 8.55. The maximum Gasteiger partial charge on any atom is 0.276 e. The monoisotopic (exact) mass is 367 g/mol. The van der Waals surface area contributed by atoms with Crippen LogP contribution in [0.3, 0.4) is 0 Å². The van der Waals surface area contributed by atoms with Gasteiger partial charge >= 0.3 is 0 Å². The fourth-order valence-electron chi connectivity index (χ4n) is 2.86. The third kappa shape index (κ3) is 3.04. The number of nitrogens with zero attached hydrogens (tertiary/aromatic N) is 1. The molecule has 1 aromatic heterocycles. The molecule has 2 heterocycles. The van der Waals surface area contributed by atoms with Gasteiger partial charge in [-0.2, -0.15) is 0 Å². The first-order chi connectivity index (χ1) is 12.1. The predicted molar refractivity (Wildman–Crippen MR) is 104 cm³/mol. The Morgan fingerprint density at radius 1 is 1.12 bits per heavy atom. The van der Waals surface area contributed by atoms with Gasteiger partial charge in [-0.1, -0.05) is 41.9 Å². The topological polar surface area (TPSA) is 48.1 Å². The normalized spacial score (nSPS) is 16.0. The summed E-state index contributed by atoms with van der Waals surface area (Å²) in [4.78, 5) is 17.5. The average molecular weight is 368 g/mol. The number of H-pyrrole nitrogens is 1. The van der Waals surface area contributed by atoms with Crippen molar-refractivity contribution in [3.8, 4) is 0 Å². The van der Waals surface area contributed by atoms with Crippen LogP contribution in [0, 0.1) is 0 Å². The quantitative estimate of drug-likeness (QED) is 0.541. The number of nitrogens with one attached hydrogen (secondary N) is 2. The van der Waals surface area contributed by atoms with Crippen LogP contribution >= 0.6 is 23.8 Å². The smallest absolute Gasteiger partial charge is 0.276 e. The number of thiocarbonyl (C=S) groups is 1. The Morgan fingerprint density at radius 2 is 1.88 bits per heavy atom. The minimum Gasteiger partial charge on any atom is -0.361 e. The molecule has 3 aromatic rings. The van der Waals surface area contributed by atoms with Crippen LogP contribution in [0.1, 0.15) is 11.1 Å². The standard InChI is InChI=1S/C19H14ClN3OS/c20-14-7-5-12(6-8-14)11-23-18(24)17(22-19(23)25)9-13-10-21-16-4-2-1-3-15(13)16/h1-10,21H,11H2,(H,22,25). The van der Waals surface area contributed by atoms with E-state index in [9.17, 15) is 4.79 Å². The number of para-hydroxylation sites is 1. The van der Waals surface area contributed by atoms with E-state index in [1.54, 1.807) is 17.0 Å². The minimum absolute atomic E-state index is 0.134. The number of carbonyl (C=O) groups is 1. The minimum atomic E-state index is -0.134. The van der Waals surface area contributed by atoms with Crippen LogP contribution in [0.2, 0.25) is 5.02 Å². The van der Waals surface area contributed by atoms with Crippen molar-refractivity contribution in [3.63, 3.8) is 0 Å². The van der Waals surface area contributed by atoms with E-state index in [0.29, 0.717) is 22.4 Å². The second kappa shape index (κ2) is 6.35. The second-order valence-electron chi connectivity index (χ2n) is 5.80. The van der Waals surface area contributed by atoms with Crippen molar-refractivity contribution < 1.29 is 4.79 Å². The molecule has 1 aliphatic rings. The third-order valence-electron chi connectivity index (χ3n) is 4.14. The van der Waals surface area contributed by atoms with Crippen LogP contribution in [0.25, 0.3) is 17.0 Å². The van der Waals surface area contributed by atoms with Crippen molar-refractivity contribution in [3.05, 3.63) is 76.6 Å². The third-order valence-corrected chi connectivity index (χ3v) is 4.71. The summed E-state index contributed by atoms with van der Waals surface area (Å²) >= 11 is 11.2. The zero-order valence-electron chi connectivity index (χ0n) is 13.1. The van der Waals surface area contributed by atoms with Gasteiger partial charge < -0.3 is 10.3 Å². The summed E-state index contributed by atoms with van der Waals surface area (Å²) in [6, 6.07) is 15.3. The highest BCUT2D eigenvalue weighted by Gasteiger charge is 2.30. The van der Waals surface area contributed by atoms with Gasteiger partial charge in [0.25, 0.3) is 5.91 Å². The molecule has 0 atom stereocenters. The van der Waals surface area contributed by atoms with E-state index in [-0.39, 0.29) is 5.91 Å². The van der Waals surface area contributed by atoms with Gasteiger partial charge in [0, 0.05) is 27.7 Å². The first-order valence-electron chi connectivity index (χ1n) is 7.77. The average Bonchev–Trinajstić information content (AvgIpc) is 3.14. The molecule has 0 unspecified atom stereocenters. The van der Waals surface area contributed by atoms with Gasteiger partial charge in [-0.05, 0) is 42.1 Å². The van der Waals surface area contributed by atoms with Crippen molar-refractivity contribution in [1.82, 2.24) is 15.2 Å². The van der Waals surface area contributed by atoms with Gasteiger partial charge in [0.1, 0.15) is 5.70 Å². The van der Waals surface area contributed by atoms with Crippen LogP contribution in [0.15, 0.2) is 60.4 Å². The maximum absolute atomic E-state index is 12.7. The Bertz CT molecular complexity index is 1010. The van der Waals surface area contributed by atoms with Crippen molar-refractivity contribution in [2.75, 3.05) is 0 Å². The Hall–Kier alpha value is -2.63. The molecule has 2 aromatic carbocycles. The van der Waals surface area contributed by atoms with Gasteiger partial charge in [0.15, 0.2) is 5.11 Å². The molecular weight excluding hydrogens is 354 g/mol. The van der Waals surface area contributed by atoms with E-state index in [2.05, 4.69) is 10.3 Å². The van der Waals surface area contributed by atoms with Crippen molar-refractivity contribution >= 4 is 51.8 Å². The Balaban J connectivity index is 1.61. The van der Waals surface area contributed by atoms with Gasteiger partial charge in [0.2, 0.25) is 0 Å². The highest BCUT2D eigenvalue weighted by molar-refractivity contribution is 7.80. The van der Waals surface area contributed by atoms with Crippen molar-refractivity contribution in [2.45, 2.75) is 6.54 Å². The van der Waals surface area contributed by atoms with Crippen LogP contribution < -0.4 is 5.32 Å². The number of fused-ring (bicyclic) bond motifs is 1. The van der Waals surface area contributed by atoms with Gasteiger partial charge in [0.05, 0.1) is 6.54 Å². The van der Waals surface area contributed by atoms with Crippen LogP contribution in [0.4, 0.5) is 0 Å². The second-order valence-corrected chi connectivity index (χ2v) is 6.62. The zero-order chi connectivity index (χ0) is 17.4. The number of benzene rings is 2. The molecule has 124 valence electrons. The molecule has 0 radical (unpaired) electrons. The molecule has 1 aliphatic heterocycles. The zero-order valence-corrected chi connectivity index (χ0v) is 14.7. The predicted octanol–water partition coefficient (Wildman–Crippen LogP) is 4.08. The van der Waals surface area contributed by atoms with Crippen molar-refractivity contribution in [2.24, 2.45) is 0 Å². The van der Waals surface area contributed by atoms with Gasteiger partial charge in [-0.25, -0.2) is 0 Å². The maximum atomic E-state index is 12.7. The highest BCUT2D eigenvalue weighted by Crippen LogP contribution is 2.23. The number of halogens is 1. The first kappa shape index (κ1) is 15.9. The van der Waals surface area contributed by atoms with Crippen LogP contribution in [-0.4, -0.2) is 20.9 Å². The molecule has 0 spiro atoms. The number of hydrogen-bond acceptors (Lipinski definition) is 2. The lowest BCUT2D eigenvalue weighted by atomic mass is 10.1. The molecule has 1 saturated heterocycles. The highest BCUT2D eigenvalue weighted by atomic mass is 35.5. The summed E-state index contributed by atoms with van der Waals surface area (Å²) in [7, 11) is 0. The van der Waals surface area contributed by atoms with Gasteiger partial charge in [-0.15, -0.1) is 0 Å². The Labute approximate surface area is 155 Å². The summed E-state index contributed by atoms with van der Waals surface area (Å²) in [5.74, 6) is -0.134. The van der Waals surface area contributed by atoms with E-state index in [1.165, 1.54) is 0 Å². The van der Waals surface area contributed by atoms with Crippen molar-refractivity contribution in [1.29, 1.82) is 0 Å². The summed E-state index contributed by atoms with van der Waals surface area (Å²) in [6.45, 7) is 0.410. The largest absolute Gasteiger partial charge is 0.361 e. The lowest BCUT2D eigenvalue weighted by molar-refractivity contribution is -0.122. The fourth-order valence-corrected chi connectivity index (χ4v) is 3.24. The molecule has 4 rings (SSSR count). The molecule has 4 nitrogen and oxygen atoms in total. The molecule has 1 fully saturated rings. The molecule has 25 heavy (non-hydrogen) atoms. The van der Waals surface area contributed by atoms with Crippen LogP contribution in [-0.2, 0) is 11.3 Å².